The summed E-state index contributed by atoms with van der Waals surface area (Å²) < 4.78 is 0. The molecular weight excluding hydrogens is 202 g/mol. The lowest BCUT2D eigenvalue weighted by Gasteiger charge is -2.34. The molecule has 1 saturated heterocycles. The van der Waals surface area contributed by atoms with Crippen molar-refractivity contribution in [2.24, 2.45) is 0 Å². The number of piperidine rings is 1. The average Bonchev–Trinajstić information content (AvgIpc) is 2.30. The van der Waals surface area contributed by atoms with Crippen molar-refractivity contribution in [3.63, 3.8) is 0 Å². The second-order valence-electron chi connectivity index (χ2n) is 4.38. The minimum Gasteiger partial charge on any atom is -0.385 e. The van der Waals surface area contributed by atoms with E-state index in [9.17, 15) is 9.90 Å². The molecule has 0 radical (unpaired) electrons. The van der Waals surface area contributed by atoms with Crippen LogP contribution in [0.25, 0.3) is 0 Å². The summed E-state index contributed by atoms with van der Waals surface area (Å²) in [6, 6.07) is 7.37. The van der Waals surface area contributed by atoms with Crippen LogP contribution in [-0.4, -0.2) is 24.0 Å². The zero-order valence-electron chi connectivity index (χ0n) is 9.49. The molecule has 0 amide bonds. The Kier molecular flexibility index (Phi) is 3.08. The van der Waals surface area contributed by atoms with E-state index in [1.165, 1.54) is 0 Å². The molecule has 1 aliphatic rings. The molecule has 1 aromatic carbocycles. The van der Waals surface area contributed by atoms with Crippen LogP contribution in [0.5, 0.6) is 0 Å². The Bertz CT molecular complexity index is 395. The quantitative estimate of drug-likeness (QED) is 0.740. The number of hydrogen-bond acceptors (Lipinski definition) is 3. The van der Waals surface area contributed by atoms with Gasteiger partial charge in [0.25, 0.3) is 0 Å². The molecule has 0 unspecified atom stereocenters. The average molecular weight is 219 g/mol. The van der Waals surface area contributed by atoms with Gasteiger partial charge in [-0.3, -0.25) is 4.79 Å². The Hall–Kier alpha value is -1.19. The van der Waals surface area contributed by atoms with Crippen LogP contribution < -0.4 is 5.32 Å². The molecule has 2 rings (SSSR count). The number of ketones is 1. The van der Waals surface area contributed by atoms with Gasteiger partial charge >= 0.3 is 0 Å². The maximum atomic E-state index is 11.5. The van der Waals surface area contributed by atoms with Gasteiger partial charge in [-0.2, -0.15) is 0 Å². The molecule has 1 aliphatic heterocycles. The predicted molar refractivity (Wildman–Crippen MR) is 62.4 cm³/mol. The summed E-state index contributed by atoms with van der Waals surface area (Å²) in [7, 11) is 0. The van der Waals surface area contributed by atoms with Crippen LogP contribution in [0.4, 0.5) is 0 Å². The molecule has 0 spiro atoms. The molecule has 1 aromatic rings. The second-order valence-corrected chi connectivity index (χ2v) is 4.38. The van der Waals surface area contributed by atoms with Gasteiger partial charge in [0.15, 0.2) is 5.78 Å². The van der Waals surface area contributed by atoms with Crippen molar-refractivity contribution in [3.8, 4) is 0 Å². The topological polar surface area (TPSA) is 49.3 Å². The summed E-state index contributed by atoms with van der Waals surface area (Å²) in [4.78, 5) is 11.5. The molecule has 16 heavy (non-hydrogen) atoms. The number of nitrogens with one attached hydrogen (secondary N) is 1. The minimum absolute atomic E-state index is 0.0163. The highest BCUT2D eigenvalue weighted by atomic mass is 16.3. The molecule has 1 heterocycles. The minimum atomic E-state index is -0.840. The first-order valence-electron chi connectivity index (χ1n) is 5.67. The lowest BCUT2D eigenvalue weighted by molar-refractivity contribution is 0.00521. The Balaban J connectivity index is 2.42. The molecule has 0 saturated carbocycles. The van der Waals surface area contributed by atoms with Gasteiger partial charge in [-0.1, -0.05) is 24.3 Å². The molecule has 2 N–H and O–H groups in total. The van der Waals surface area contributed by atoms with E-state index >= 15 is 0 Å². The third-order valence-corrected chi connectivity index (χ3v) is 3.24. The van der Waals surface area contributed by atoms with Crippen molar-refractivity contribution in [1.82, 2.24) is 5.32 Å². The first kappa shape index (κ1) is 11.3. The molecule has 3 heteroatoms. The third kappa shape index (κ3) is 2.01. The van der Waals surface area contributed by atoms with Crippen LogP contribution in [0.1, 0.15) is 35.7 Å². The molecule has 0 bridgehead atoms. The molecule has 86 valence electrons. The van der Waals surface area contributed by atoms with Gasteiger partial charge in [0.2, 0.25) is 0 Å². The van der Waals surface area contributed by atoms with E-state index in [0.29, 0.717) is 18.4 Å². The van der Waals surface area contributed by atoms with Crippen molar-refractivity contribution in [1.29, 1.82) is 0 Å². The summed E-state index contributed by atoms with van der Waals surface area (Å²) in [6.45, 7) is 3.13. The fourth-order valence-electron chi connectivity index (χ4n) is 2.31. The molecule has 0 aliphatic carbocycles. The lowest BCUT2D eigenvalue weighted by Crippen LogP contribution is -2.40. The summed E-state index contributed by atoms with van der Waals surface area (Å²) >= 11 is 0. The first-order valence-corrected chi connectivity index (χ1v) is 5.67. The first-order chi connectivity index (χ1) is 7.63. The number of hydrogen-bond donors (Lipinski definition) is 2. The van der Waals surface area contributed by atoms with Gasteiger partial charge in [-0.05, 0) is 38.4 Å². The Morgan fingerprint density at radius 3 is 2.56 bits per heavy atom. The summed E-state index contributed by atoms with van der Waals surface area (Å²) in [5.74, 6) is 0.0163. The van der Waals surface area contributed by atoms with Gasteiger partial charge in [0.1, 0.15) is 0 Å². The fourth-order valence-corrected chi connectivity index (χ4v) is 2.31. The highest BCUT2D eigenvalue weighted by Crippen LogP contribution is 2.32. The van der Waals surface area contributed by atoms with Crippen molar-refractivity contribution in [2.45, 2.75) is 25.4 Å². The number of Topliss-reactive ketones (excluding diaryl/α,β-unsaturated/α-hetero) is 1. The normalized spacial score (nSPS) is 19.4. The highest BCUT2D eigenvalue weighted by molar-refractivity contribution is 5.95. The van der Waals surface area contributed by atoms with Gasteiger partial charge in [0, 0.05) is 5.56 Å². The monoisotopic (exact) mass is 219 g/mol. The van der Waals surface area contributed by atoms with Crippen molar-refractivity contribution >= 4 is 5.78 Å². The second kappa shape index (κ2) is 4.36. The Morgan fingerprint density at radius 1 is 1.31 bits per heavy atom. The predicted octanol–water partition coefficient (Wildman–Crippen LogP) is 1.46. The van der Waals surface area contributed by atoms with Crippen molar-refractivity contribution in [3.05, 3.63) is 35.4 Å². The maximum Gasteiger partial charge on any atom is 0.160 e. The Morgan fingerprint density at radius 2 is 1.94 bits per heavy atom. The van der Waals surface area contributed by atoms with Crippen molar-refractivity contribution in [2.75, 3.05) is 13.1 Å². The SMILES string of the molecule is CC(=O)c1ccccc1C1(O)CCNCC1. The molecular formula is C13H17NO2. The lowest BCUT2D eigenvalue weighted by atomic mass is 9.82. The van der Waals surface area contributed by atoms with Crippen LogP contribution in [-0.2, 0) is 5.60 Å². The van der Waals surface area contributed by atoms with Crippen LogP contribution in [0, 0.1) is 0 Å². The molecule has 3 nitrogen and oxygen atoms in total. The third-order valence-electron chi connectivity index (χ3n) is 3.24. The number of benzene rings is 1. The van der Waals surface area contributed by atoms with Crippen LogP contribution in [0.2, 0.25) is 0 Å². The van der Waals surface area contributed by atoms with Crippen LogP contribution in [0.3, 0.4) is 0 Å². The van der Waals surface area contributed by atoms with E-state index in [-0.39, 0.29) is 5.78 Å². The number of aliphatic hydroxyl groups is 1. The molecule has 1 fully saturated rings. The zero-order chi connectivity index (χ0) is 11.6. The van der Waals surface area contributed by atoms with Gasteiger partial charge in [-0.15, -0.1) is 0 Å². The summed E-state index contributed by atoms with van der Waals surface area (Å²) in [5, 5.41) is 13.8. The number of carbonyl (C=O) groups excluding carboxylic acids is 1. The molecule has 0 atom stereocenters. The smallest absolute Gasteiger partial charge is 0.160 e. The van der Waals surface area contributed by atoms with Crippen molar-refractivity contribution < 1.29 is 9.90 Å². The van der Waals surface area contributed by atoms with E-state index in [4.69, 9.17) is 0 Å². The number of rotatable bonds is 2. The zero-order valence-corrected chi connectivity index (χ0v) is 9.49. The van der Waals surface area contributed by atoms with E-state index in [1.54, 1.807) is 13.0 Å². The van der Waals surface area contributed by atoms with E-state index < -0.39 is 5.60 Å². The van der Waals surface area contributed by atoms with E-state index in [2.05, 4.69) is 5.32 Å². The van der Waals surface area contributed by atoms with Gasteiger partial charge in [-0.25, -0.2) is 0 Å². The van der Waals surface area contributed by atoms with Gasteiger partial charge < -0.3 is 10.4 Å². The maximum absolute atomic E-state index is 11.5. The summed E-state index contributed by atoms with van der Waals surface area (Å²) in [6.07, 6.45) is 1.33. The van der Waals surface area contributed by atoms with Crippen LogP contribution >= 0.6 is 0 Å². The Labute approximate surface area is 95.5 Å². The highest BCUT2D eigenvalue weighted by Gasteiger charge is 2.33. The van der Waals surface area contributed by atoms with E-state index in [1.807, 2.05) is 18.2 Å². The summed E-state index contributed by atoms with van der Waals surface area (Å²) in [5.41, 5.74) is 0.587. The van der Waals surface area contributed by atoms with E-state index in [0.717, 1.165) is 18.7 Å². The largest absolute Gasteiger partial charge is 0.385 e. The number of carbonyl (C=O) groups is 1. The van der Waals surface area contributed by atoms with Crippen LogP contribution in [0.15, 0.2) is 24.3 Å². The van der Waals surface area contributed by atoms with Gasteiger partial charge in [0.05, 0.1) is 5.60 Å². The standard InChI is InChI=1S/C13H17NO2/c1-10(15)11-4-2-3-5-12(11)13(16)6-8-14-9-7-13/h2-5,14,16H,6-9H2,1H3. The molecule has 0 aromatic heterocycles. The fraction of sp³-hybridized carbons (Fsp3) is 0.462.